The number of nitrogens with one attached hydrogen (secondary N) is 1. The molecule has 0 bridgehead atoms. The van der Waals surface area contributed by atoms with Crippen molar-refractivity contribution in [3.05, 3.63) is 20.8 Å². The molecule has 0 aliphatic heterocycles. The Labute approximate surface area is 130 Å². The van der Waals surface area contributed by atoms with Crippen LogP contribution < -0.4 is 5.32 Å². The molecule has 0 radical (unpaired) electrons. The van der Waals surface area contributed by atoms with Crippen LogP contribution in [0.1, 0.15) is 37.0 Å². The number of hydrogen-bond donors (Lipinski definition) is 2. The quantitative estimate of drug-likeness (QED) is 0.819. The predicted octanol–water partition coefficient (Wildman–Crippen LogP) is 3.20. The van der Waals surface area contributed by atoms with Gasteiger partial charge in [-0.05, 0) is 60.2 Å². The number of aliphatic carboxylic acids is 1. The zero-order valence-corrected chi connectivity index (χ0v) is 13.5. The second-order valence-corrected chi connectivity index (χ2v) is 7.72. The van der Waals surface area contributed by atoms with Crippen LogP contribution in [-0.2, 0) is 16.0 Å². The van der Waals surface area contributed by atoms with Gasteiger partial charge in [0.05, 0.1) is 9.70 Å². The van der Waals surface area contributed by atoms with Crippen LogP contribution in [0.15, 0.2) is 15.9 Å². The molecule has 110 valence electrons. The Morgan fingerprint density at radius 2 is 2.20 bits per heavy atom. The van der Waals surface area contributed by atoms with Crippen molar-refractivity contribution in [2.75, 3.05) is 0 Å². The molecule has 1 heterocycles. The van der Waals surface area contributed by atoms with Crippen molar-refractivity contribution in [1.82, 2.24) is 5.32 Å². The van der Waals surface area contributed by atoms with E-state index in [1.165, 1.54) is 4.88 Å². The van der Waals surface area contributed by atoms with E-state index < -0.39 is 5.97 Å². The van der Waals surface area contributed by atoms with Gasteiger partial charge in [-0.3, -0.25) is 9.59 Å². The molecule has 1 amide bonds. The molecule has 2 N–H and O–H groups in total. The van der Waals surface area contributed by atoms with Gasteiger partial charge in [-0.2, -0.15) is 0 Å². The highest BCUT2D eigenvalue weighted by atomic mass is 79.9. The first kappa shape index (κ1) is 15.5. The zero-order chi connectivity index (χ0) is 14.5. The third-order valence-electron chi connectivity index (χ3n) is 3.60. The van der Waals surface area contributed by atoms with E-state index in [0.29, 0.717) is 19.3 Å². The number of hydrogen-bond acceptors (Lipinski definition) is 3. The van der Waals surface area contributed by atoms with E-state index in [2.05, 4.69) is 27.3 Å². The number of carboxylic acid groups (broad SMARTS) is 1. The SMILES string of the molecule is O=C(CCCc1ccc(Br)s1)N[C@@H]1CC[C@H](C(=O)O)C1. The lowest BCUT2D eigenvalue weighted by molar-refractivity contribution is -0.141. The van der Waals surface area contributed by atoms with Crippen LogP contribution in [-0.4, -0.2) is 23.0 Å². The number of carbonyl (C=O) groups excluding carboxylic acids is 1. The van der Waals surface area contributed by atoms with Gasteiger partial charge in [0.15, 0.2) is 0 Å². The molecule has 1 saturated carbocycles. The lowest BCUT2D eigenvalue weighted by Crippen LogP contribution is -2.33. The average Bonchev–Trinajstić information content (AvgIpc) is 2.99. The third kappa shape index (κ3) is 4.59. The number of rotatable bonds is 6. The molecule has 6 heteroatoms. The Kier molecular flexibility index (Phi) is 5.60. The summed E-state index contributed by atoms with van der Waals surface area (Å²) in [7, 11) is 0. The van der Waals surface area contributed by atoms with Gasteiger partial charge < -0.3 is 10.4 Å². The molecular formula is C14H18BrNO3S. The Bertz CT molecular complexity index is 489. The Morgan fingerprint density at radius 1 is 1.40 bits per heavy atom. The van der Waals surface area contributed by atoms with Gasteiger partial charge in [-0.1, -0.05) is 0 Å². The van der Waals surface area contributed by atoms with Crippen molar-refractivity contribution < 1.29 is 14.7 Å². The second-order valence-electron chi connectivity index (χ2n) is 5.17. The fourth-order valence-corrected chi connectivity index (χ4v) is 4.07. The minimum absolute atomic E-state index is 0.0386. The monoisotopic (exact) mass is 359 g/mol. The molecule has 2 rings (SSSR count). The van der Waals surface area contributed by atoms with Crippen molar-refractivity contribution in [2.45, 2.75) is 44.6 Å². The topological polar surface area (TPSA) is 66.4 Å². The summed E-state index contributed by atoms with van der Waals surface area (Å²) in [6.45, 7) is 0. The van der Waals surface area contributed by atoms with Crippen molar-refractivity contribution in [1.29, 1.82) is 0 Å². The van der Waals surface area contributed by atoms with Crippen molar-refractivity contribution in [3.63, 3.8) is 0 Å². The van der Waals surface area contributed by atoms with Crippen LogP contribution in [0, 0.1) is 5.92 Å². The number of halogens is 1. The maximum absolute atomic E-state index is 11.8. The molecule has 1 aliphatic rings. The highest BCUT2D eigenvalue weighted by Gasteiger charge is 2.30. The van der Waals surface area contributed by atoms with Crippen LogP contribution in [0.2, 0.25) is 0 Å². The van der Waals surface area contributed by atoms with Crippen molar-refractivity contribution in [2.24, 2.45) is 5.92 Å². The number of carboxylic acids is 1. The van der Waals surface area contributed by atoms with Crippen molar-refractivity contribution in [3.8, 4) is 0 Å². The van der Waals surface area contributed by atoms with E-state index in [9.17, 15) is 9.59 Å². The Hall–Kier alpha value is -0.880. The maximum Gasteiger partial charge on any atom is 0.306 e. The molecule has 1 aliphatic carbocycles. The zero-order valence-electron chi connectivity index (χ0n) is 11.1. The summed E-state index contributed by atoms with van der Waals surface area (Å²) in [5, 5.41) is 11.9. The van der Waals surface area contributed by atoms with Gasteiger partial charge in [0.25, 0.3) is 0 Å². The maximum atomic E-state index is 11.8. The lowest BCUT2D eigenvalue weighted by Gasteiger charge is -2.12. The molecular weight excluding hydrogens is 342 g/mol. The minimum Gasteiger partial charge on any atom is -0.481 e. The minimum atomic E-state index is -0.745. The number of amides is 1. The first-order valence-electron chi connectivity index (χ1n) is 6.81. The van der Waals surface area contributed by atoms with E-state index in [1.54, 1.807) is 11.3 Å². The summed E-state index contributed by atoms with van der Waals surface area (Å²) in [4.78, 5) is 23.9. The van der Waals surface area contributed by atoms with Crippen LogP contribution in [0.25, 0.3) is 0 Å². The van der Waals surface area contributed by atoms with E-state index in [-0.39, 0.29) is 17.9 Å². The van der Waals surface area contributed by atoms with E-state index >= 15 is 0 Å². The summed E-state index contributed by atoms with van der Waals surface area (Å²) < 4.78 is 1.11. The van der Waals surface area contributed by atoms with Crippen LogP contribution in [0.4, 0.5) is 0 Å². The fraction of sp³-hybridized carbons (Fsp3) is 0.571. The van der Waals surface area contributed by atoms with Crippen LogP contribution >= 0.6 is 27.3 Å². The molecule has 1 aromatic rings. The van der Waals surface area contributed by atoms with Gasteiger partial charge in [0.1, 0.15) is 0 Å². The van der Waals surface area contributed by atoms with Gasteiger partial charge >= 0.3 is 5.97 Å². The summed E-state index contributed by atoms with van der Waals surface area (Å²) in [6, 6.07) is 4.13. The van der Waals surface area contributed by atoms with E-state index in [0.717, 1.165) is 23.0 Å². The van der Waals surface area contributed by atoms with Crippen LogP contribution in [0.3, 0.4) is 0 Å². The summed E-state index contributed by atoms with van der Waals surface area (Å²) >= 11 is 5.12. The molecule has 0 spiro atoms. The number of carbonyl (C=O) groups is 2. The van der Waals surface area contributed by atoms with Crippen molar-refractivity contribution >= 4 is 39.1 Å². The molecule has 4 nitrogen and oxygen atoms in total. The summed E-state index contributed by atoms with van der Waals surface area (Å²) in [5.74, 6) is -0.995. The lowest BCUT2D eigenvalue weighted by atomic mass is 10.1. The van der Waals surface area contributed by atoms with Gasteiger partial charge in [0, 0.05) is 17.3 Å². The summed E-state index contributed by atoms with van der Waals surface area (Å²) in [6.07, 6.45) is 4.26. The Balaban J connectivity index is 1.65. The molecule has 20 heavy (non-hydrogen) atoms. The molecule has 1 fully saturated rings. The number of aryl methyl sites for hydroxylation is 1. The molecule has 0 aromatic carbocycles. The number of thiophene rings is 1. The molecule has 2 atom stereocenters. The predicted molar refractivity (Wildman–Crippen MR) is 81.9 cm³/mol. The standard InChI is InChI=1S/C14H18BrNO3S/c15-12-7-6-11(20-12)2-1-3-13(17)16-10-5-4-9(8-10)14(18)19/h6-7,9-10H,1-5,8H2,(H,16,17)(H,18,19)/t9-,10+/m0/s1. The normalized spacial score (nSPS) is 21.9. The van der Waals surface area contributed by atoms with Gasteiger partial charge in [-0.15, -0.1) is 11.3 Å². The summed E-state index contributed by atoms with van der Waals surface area (Å²) in [5.41, 5.74) is 0. The fourth-order valence-electron chi connectivity index (χ4n) is 2.55. The first-order valence-corrected chi connectivity index (χ1v) is 8.42. The van der Waals surface area contributed by atoms with E-state index in [1.807, 2.05) is 6.07 Å². The molecule has 1 aromatic heterocycles. The van der Waals surface area contributed by atoms with Gasteiger partial charge in [0.2, 0.25) is 5.91 Å². The average molecular weight is 360 g/mol. The third-order valence-corrected chi connectivity index (χ3v) is 5.29. The largest absolute Gasteiger partial charge is 0.481 e. The first-order chi connectivity index (χ1) is 9.54. The van der Waals surface area contributed by atoms with Gasteiger partial charge in [-0.25, -0.2) is 0 Å². The highest BCUT2D eigenvalue weighted by Crippen LogP contribution is 2.26. The molecule has 0 saturated heterocycles. The second kappa shape index (κ2) is 7.22. The molecule has 0 unspecified atom stereocenters. The van der Waals surface area contributed by atoms with E-state index in [4.69, 9.17) is 5.11 Å². The van der Waals surface area contributed by atoms with Crippen LogP contribution in [0.5, 0.6) is 0 Å². The smallest absolute Gasteiger partial charge is 0.306 e. The highest BCUT2D eigenvalue weighted by molar-refractivity contribution is 9.11. The Morgan fingerprint density at radius 3 is 2.80 bits per heavy atom.